The van der Waals surface area contributed by atoms with Gasteiger partial charge < -0.3 is 37.6 Å². The first-order valence-corrected chi connectivity index (χ1v) is 4.86. The predicted octanol–water partition coefficient (Wildman–Crippen LogP) is -4.47. The number of carboxylic acid groups (broad SMARTS) is 1. The number of nitrogens with zero attached hydrogens (tertiary/aromatic N) is 1. The highest BCUT2D eigenvalue weighted by molar-refractivity contribution is 5.32. The maximum atomic E-state index is 8.36. The van der Waals surface area contributed by atoms with E-state index in [4.69, 9.17) is 19.4 Å². The zero-order valence-electron chi connectivity index (χ0n) is 10.0. The smallest absolute Gasteiger partial charge is 0.290 e. The van der Waals surface area contributed by atoms with Crippen molar-refractivity contribution in [3.8, 4) is 0 Å². The van der Waals surface area contributed by atoms with Crippen molar-refractivity contribution in [1.82, 2.24) is 4.90 Å². The van der Waals surface area contributed by atoms with Crippen LogP contribution >= 0.6 is 0 Å². The van der Waals surface area contributed by atoms with Gasteiger partial charge in [-0.2, -0.15) is 0 Å². The zero-order valence-corrected chi connectivity index (χ0v) is 10.8. The minimum absolute atomic E-state index is 0. The fraction of sp³-hybridized carbons (Fsp3) is 0.889. The second-order valence-corrected chi connectivity index (χ2v) is 2.99. The largest absolute Gasteiger partial charge is 1.00 e. The molecule has 6 nitrogen and oxygen atoms in total. The number of rotatable bonds is 8. The Bertz CT molecular complexity index is 128. The summed E-state index contributed by atoms with van der Waals surface area (Å²) in [4.78, 5) is 10.5. The second-order valence-electron chi connectivity index (χ2n) is 2.99. The average Bonchev–Trinajstić information content (AvgIpc) is 2.17. The van der Waals surface area contributed by atoms with Gasteiger partial charge in [-0.25, -0.2) is 0 Å². The van der Waals surface area contributed by atoms with E-state index in [0.717, 1.165) is 26.3 Å². The van der Waals surface area contributed by atoms with Gasteiger partial charge in [-0.1, -0.05) is 0 Å². The number of likely N-dealkylation sites (N-methyl/N-ethyl adjacent to an activating group) is 1. The lowest BCUT2D eigenvalue weighted by molar-refractivity contribution is -0.374. The van der Waals surface area contributed by atoms with Gasteiger partial charge >= 0.3 is 0 Å². The van der Waals surface area contributed by atoms with Gasteiger partial charge in [0.25, 0.3) is 6.47 Å². The summed E-state index contributed by atoms with van der Waals surface area (Å²) in [5.74, 6) is 0. The van der Waals surface area contributed by atoms with Gasteiger partial charge in [0.05, 0.1) is 33.0 Å². The van der Waals surface area contributed by atoms with Crippen LogP contribution in [0, 0.1) is 0 Å². The van der Waals surface area contributed by atoms with Crippen LogP contribution in [0.25, 0.3) is 0 Å². The minimum atomic E-state index is -0.250. The Kier molecular flexibility index (Phi) is 26.3. The number of carbonyl (C=O) groups is 1. The molecule has 0 rings (SSSR count). The summed E-state index contributed by atoms with van der Waals surface area (Å²) < 4.78 is 10.5. The van der Waals surface area contributed by atoms with E-state index in [9.17, 15) is 0 Å². The topological polar surface area (TPSA) is 86.6 Å². The molecule has 0 aromatic heterocycles. The summed E-state index contributed by atoms with van der Waals surface area (Å²) in [6.07, 6.45) is 0. The van der Waals surface area contributed by atoms with Gasteiger partial charge in [-0.05, 0) is 14.1 Å². The molecule has 0 radical (unpaired) electrons. The maximum absolute atomic E-state index is 8.36. The monoisotopic (exact) mass is 258 g/mol. The van der Waals surface area contributed by atoms with Crippen LogP contribution in [0.2, 0.25) is 0 Å². The van der Waals surface area contributed by atoms with Crippen LogP contribution in [0.3, 0.4) is 0 Å². The molecular weight excluding hydrogens is 236 g/mol. The molecule has 0 atom stereocenters. The molecule has 4 N–H and O–H groups in total. The van der Waals surface area contributed by atoms with Crippen molar-refractivity contribution in [2.75, 3.05) is 53.6 Å². The molecule has 0 fully saturated rings. The number of ether oxygens (including phenoxy) is 2. The molecular formula is C9H23ClN2O4. The molecule has 0 aromatic rings. The van der Waals surface area contributed by atoms with Crippen LogP contribution < -0.4 is 18.1 Å². The van der Waals surface area contributed by atoms with E-state index in [2.05, 4.69) is 10.6 Å². The lowest BCUT2D eigenvalue weighted by Gasteiger charge is -2.09. The molecule has 0 aliphatic rings. The summed E-state index contributed by atoms with van der Waals surface area (Å²) in [6, 6.07) is 0. The van der Waals surface area contributed by atoms with Crippen LogP contribution in [0.5, 0.6) is 0 Å². The normalized spacial score (nSPS) is 9.00. The Balaban J connectivity index is -0.000000377. The fourth-order valence-corrected chi connectivity index (χ4v) is 0.671. The summed E-state index contributed by atoms with van der Waals surface area (Å²) in [6.45, 7) is 4.43. The second kappa shape index (κ2) is 20.1. The molecule has 0 saturated carbocycles. The number of hydrogen-bond donors (Lipinski definition) is 2. The third-order valence-corrected chi connectivity index (χ3v) is 1.34. The Morgan fingerprint density at radius 1 is 1.19 bits per heavy atom. The van der Waals surface area contributed by atoms with Crippen LogP contribution in [0.15, 0.2) is 0 Å². The molecule has 0 aliphatic heterocycles. The molecule has 0 aliphatic carbocycles. The van der Waals surface area contributed by atoms with Crippen molar-refractivity contribution in [2.45, 2.75) is 0 Å². The summed E-state index contributed by atoms with van der Waals surface area (Å²) >= 11 is 0. The van der Waals surface area contributed by atoms with Crippen LogP contribution in [0.4, 0.5) is 0 Å². The number of halogens is 1. The first kappa shape index (κ1) is 20.9. The maximum Gasteiger partial charge on any atom is 0.290 e. The molecule has 0 amide bonds. The van der Waals surface area contributed by atoms with Gasteiger partial charge in [0.1, 0.15) is 0 Å². The lowest BCUT2D eigenvalue weighted by atomic mass is 10.6. The molecule has 16 heavy (non-hydrogen) atoms. The summed E-state index contributed by atoms with van der Waals surface area (Å²) in [5, 5.41) is 6.89. The van der Waals surface area contributed by atoms with Gasteiger partial charge in [0.15, 0.2) is 0 Å². The Morgan fingerprint density at radius 2 is 1.62 bits per heavy atom. The summed E-state index contributed by atoms with van der Waals surface area (Å²) in [7, 11) is 4.06. The minimum Gasteiger partial charge on any atom is -1.00 e. The van der Waals surface area contributed by atoms with E-state index in [-0.39, 0.29) is 18.9 Å². The number of hydrogen-bond acceptors (Lipinski definition) is 4. The number of quaternary nitrogens is 1. The zero-order chi connectivity index (χ0) is 11.9. The third-order valence-electron chi connectivity index (χ3n) is 1.34. The van der Waals surface area contributed by atoms with Crippen LogP contribution in [0.1, 0.15) is 0 Å². The van der Waals surface area contributed by atoms with Gasteiger partial charge in [-0.3, -0.25) is 4.79 Å². The van der Waals surface area contributed by atoms with E-state index in [0.29, 0.717) is 13.2 Å². The third kappa shape index (κ3) is 29.2. The Hall–Kier alpha value is -0.400. The quantitative estimate of drug-likeness (QED) is 0.339. The van der Waals surface area contributed by atoms with Gasteiger partial charge in [0.2, 0.25) is 0 Å². The highest BCUT2D eigenvalue weighted by Crippen LogP contribution is 1.79. The van der Waals surface area contributed by atoms with Gasteiger partial charge in [0, 0.05) is 6.54 Å². The van der Waals surface area contributed by atoms with Crippen molar-refractivity contribution in [1.29, 1.82) is 0 Å². The molecule has 0 spiro atoms. The van der Waals surface area contributed by atoms with Crippen LogP contribution in [-0.4, -0.2) is 70.1 Å². The molecule has 0 bridgehead atoms. The Morgan fingerprint density at radius 3 is 2.00 bits per heavy atom. The molecule has 0 unspecified atom stereocenters. The average molecular weight is 259 g/mol. The molecule has 100 valence electrons. The molecule has 0 heterocycles. The van der Waals surface area contributed by atoms with Crippen LogP contribution in [-0.2, 0) is 14.3 Å². The fourth-order valence-electron chi connectivity index (χ4n) is 0.671. The Labute approximate surface area is 103 Å². The first-order chi connectivity index (χ1) is 7.18. The highest BCUT2D eigenvalue weighted by Gasteiger charge is 1.91. The standard InChI is InChI=1S/C8H20N2O2.CH2O2.ClH/c1-10(2)4-6-12-8-7-11-5-3-9;2-1-3;/h3-9H2,1-2H3;1H,(H,2,3);1H. The van der Waals surface area contributed by atoms with Gasteiger partial charge in [-0.15, -0.1) is 0 Å². The molecule has 0 saturated heterocycles. The van der Waals surface area contributed by atoms with Crippen molar-refractivity contribution in [2.24, 2.45) is 0 Å². The molecule has 0 aromatic carbocycles. The van der Waals surface area contributed by atoms with E-state index in [1.807, 2.05) is 14.1 Å². The van der Waals surface area contributed by atoms with Crippen molar-refractivity contribution in [3.63, 3.8) is 0 Å². The van der Waals surface area contributed by atoms with Crippen molar-refractivity contribution < 1.29 is 37.5 Å². The SMILES string of the molecule is CN(C)CCOCCOCC[NH3+].O=CO.[Cl-]. The van der Waals surface area contributed by atoms with E-state index < -0.39 is 0 Å². The van der Waals surface area contributed by atoms with Crippen molar-refractivity contribution in [3.05, 3.63) is 0 Å². The van der Waals surface area contributed by atoms with E-state index in [1.165, 1.54) is 0 Å². The van der Waals surface area contributed by atoms with E-state index in [1.54, 1.807) is 0 Å². The van der Waals surface area contributed by atoms with E-state index >= 15 is 0 Å². The first-order valence-electron chi connectivity index (χ1n) is 4.86. The summed E-state index contributed by atoms with van der Waals surface area (Å²) in [5.41, 5.74) is 3.67. The lowest BCUT2D eigenvalue weighted by Crippen LogP contribution is -3.00. The predicted molar refractivity (Wildman–Crippen MR) is 56.6 cm³/mol. The highest BCUT2D eigenvalue weighted by atomic mass is 35.5. The van der Waals surface area contributed by atoms with Crippen molar-refractivity contribution >= 4 is 6.47 Å². The molecule has 7 heteroatoms.